The van der Waals surface area contributed by atoms with Crippen LogP contribution in [0, 0.1) is 0 Å². The van der Waals surface area contributed by atoms with Crippen LogP contribution in [-0.2, 0) is 17.5 Å². The van der Waals surface area contributed by atoms with Crippen molar-refractivity contribution in [2.45, 2.75) is 50.9 Å². The Morgan fingerprint density at radius 1 is 1.20 bits per heavy atom. The van der Waals surface area contributed by atoms with Crippen molar-refractivity contribution in [2.24, 2.45) is 0 Å². The van der Waals surface area contributed by atoms with E-state index in [0.717, 1.165) is 36.7 Å². The van der Waals surface area contributed by atoms with E-state index in [1.54, 1.807) is 6.07 Å². The summed E-state index contributed by atoms with van der Waals surface area (Å²) in [5.74, 6) is -0.460. The van der Waals surface area contributed by atoms with Crippen LogP contribution >= 0.6 is 0 Å². The lowest BCUT2D eigenvalue weighted by atomic mass is 9.95. The van der Waals surface area contributed by atoms with Crippen LogP contribution < -0.4 is 10.9 Å². The molecule has 1 aliphatic rings. The van der Waals surface area contributed by atoms with E-state index in [-0.39, 0.29) is 17.1 Å². The Labute approximate surface area is 141 Å². The fourth-order valence-corrected chi connectivity index (χ4v) is 3.20. The number of alkyl halides is 3. The Kier molecular flexibility index (Phi) is 4.78. The standard InChI is InChI=1S/C17H18F3N3O2/c18-17(19,20)15-16(25)23(13-9-5-4-8-12(13)22-15)10-14(24)21-11-6-2-1-3-7-11/h4-5,8-9,11H,1-3,6-7,10H2,(H,21,24). The predicted molar refractivity (Wildman–Crippen MR) is 86.0 cm³/mol. The summed E-state index contributed by atoms with van der Waals surface area (Å²) in [6.45, 7) is -0.457. The molecule has 1 aliphatic carbocycles. The van der Waals surface area contributed by atoms with E-state index < -0.39 is 29.9 Å². The molecule has 1 heterocycles. The molecule has 1 aromatic heterocycles. The fraction of sp³-hybridized carbons (Fsp3) is 0.471. The molecule has 0 bridgehead atoms. The summed E-state index contributed by atoms with van der Waals surface area (Å²) < 4.78 is 40.1. The molecule has 0 saturated heterocycles. The third-order valence-electron chi connectivity index (χ3n) is 4.39. The molecule has 8 heteroatoms. The molecule has 5 nitrogen and oxygen atoms in total. The Morgan fingerprint density at radius 2 is 1.88 bits per heavy atom. The molecule has 1 amide bonds. The number of carbonyl (C=O) groups excluding carboxylic acids is 1. The molecule has 3 rings (SSSR count). The predicted octanol–water partition coefficient (Wildman–Crippen LogP) is 2.86. The number of nitrogens with one attached hydrogen (secondary N) is 1. The first-order valence-electron chi connectivity index (χ1n) is 8.22. The van der Waals surface area contributed by atoms with Crippen molar-refractivity contribution in [2.75, 3.05) is 0 Å². The van der Waals surface area contributed by atoms with Gasteiger partial charge in [0.2, 0.25) is 11.6 Å². The van der Waals surface area contributed by atoms with Crippen molar-refractivity contribution in [3.8, 4) is 0 Å². The highest BCUT2D eigenvalue weighted by atomic mass is 19.4. The number of amides is 1. The third-order valence-corrected chi connectivity index (χ3v) is 4.39. The summed E-state index contributed by atoms with van der Waals surface area (Å²) in [6, 6.07) is 6.02. The van der Waals surface area contributed by atoms with Gasteiger partial charge >= 0.3 is 6.18 Å². The number of nitrogens with zero attached hydrogens (tertiary/aromatic N) is 2. The van der Waals surface area contributed by atoms with Gasteiger partial charge < -0.3 is 5.32 Å². The summed E-state index contributed by atoms with van der Waals surface area (Å²) in [5.41, 5.74) is -2.57. The maximum absolute atomic E-state index is 13.1. The molecule has 25 heavy (non-hydrogen) atoms. The second-order valence-electron chi connectivity index (χ2n) is 6.24. The van der Waals surface area contributed by atoms with E-state index >= 15 is 0 Å². The number of aromatic nitrogens is 2. The van der Waals surface area contributed by atoms with Gasteiger partial charge in [-0.15, -0.1) is 0 Å². The molecule has 134 valence electrons. The Bertz CT molecular complexity index is 839. The van der Waals surface area contributed by atoms with E-state index in [9.17, 15) is 22.8 Å². The summed E-state index contributed by atoms with van der Waals surface area (Å²) in [5, 5.41) is 2.82. The maximum Gasteiger partial charge on any atom is 0.438 e. The quantitative estimate of drug-likeness (QED) is 0.923. The van der Waals surface area contributed by atoms with Crippen LogP contribution in [0.1, 0.15) is 37.8 Å². The molecule has 1 N–H and O–H groups in total. The Balaban J connectivity index is 1.95. The average Bonchev–Trinajstić information content (AvgIpc) is 2.57. The number of benzene rings is 1. The first-order chi connectivity index (χ1) is 11.9. The van der Waals surface area contributed by atoms with Gasteiger partial charge in [-0.05, 0) is 25.0 Å². The largest absolute Gasteiger partial charge is 0.438 e. The van der Waals surface area contributed by atoms with Crippen molar-refractivity contribution in [3.05, 3.63) is 40.3 Å². The monoisotopic (exact) mass is 353 g/mol. The Morgan fingerprint density at radius 3 is 2.56 bits per heavy atom. The maximum atomic E-state index is 13.1. The van der Waals surface area contributed by atoms with Crippen LogP contribution in [0.4, 0.5) is 13.2 Å². The highest BCUT2D eigenvalue weighted by molar-refractivity contribution is 5.80. The average molecular weight is 353 g/mol. The number of rotatable bonds is 3. The molecule has 2 aromatic rings. The molecule has 0 unspecified atom stereocenters. The van der Waals surface area contributed by atoms with Gasteiger partial charge in [0, 0.05) is 6.04 Å². The minimum atomic E-state index is -4.87. The summed E-state index contributed by atoms with van der Waals surface area (Å²) in [4.78, 5) is 28.0. The number of hydrogen-bond donors (Lipinski definition) is 1. The van der Waals surface area contributed by atoms with E-state index in [2.05, 4.69) is 10.3 Å². The van der Waals surface area contributed by atoms with E-state index in [1.807, 2.05) is 0 Å². The lowest BCUT2D eigenvalue weighted by molar-refractivity contribution is -0.142. The smallest absolute Gasteiger partial charge is 0.352 e. The summed E-state index contributed by atoms with van der Waals surface area (Å²) in [6.07, 6.45) is -0.0157. The van der Waals surface area contributed by atoms with Crippen molar-refractivity contribution in [3.63, 3.8) is 0 Å². The molecule has 1 aromatic carbocycles. The number of para-hydroxylation sites is 2. The topological polar surface area (TPSA) is 64.0 Å². The van der Waals surface area contributed by atoms with Crippen molar-refractivity contribution < 1.29 is 18.0 Å². The number of halogens is 3. The van der Waals surface area contributed by atoms with Gasteiger partial charge in [-0.2, -0.15) is 13.2 Å². The lowest BCUT2D eigenvalue weighted by Crippen LogP contribution is -2.41. The van der Waals surface area contributed by atoms with Gasteiger partial charge in [0.05, 0.1) is 11.0 Å². The molecular weight excluding hydrogens is 335 g/mol. The first kappa shape index (κ1) is 17.4. The first-order valence-corrected chi connectivity index (χ1v) is 8.22. The van der Waals surface area contributed by atoms with Crippen molar-refractivity contribution in [1.82, 2.24) is 14.9 Å². The highest BCUT2D eigenvalue weighted by Crippen LogP contribution is 2.26. The second kappa shape index (κ2) is 6.85. The van der Waals surface area contributed by atoms with Crippen molar-refractivity contribution in [1.29, 1.82) is 0 Å². The molecule has 0 aliphatic heterocycles. The van der Waals surface area contributed by atoms with Gasteiger partial charge in [-0.25, -0.2) is 4.98 Å². The molecule has 1 saturated carbocycles. The SMILES string of the molecule is O=C(Cn1c(=O)c(C(F)(F)F)nc2ccccc21)NC1CCCCC1. The van der Waals surface area contributed by atoms with Gasteiger partial charge in [0.25, 0.3) is 5.56 Å². The minimum absolute atomic E-state index is 0.0205. The summed E-state index contributed by atoms with van der Waals surface area (Å²) >= 11 is 0. The Hall–Kier alpha value is -2.38. The van der Waals surface area contributed by atoms with Crippen molar-refractivity contribution >= 4 is 16.9 Å². The summed E-state index contributed by atoms with van der Waals surface area (Å²) in [7, 11) is 0. The number of hydrogen-bond acceptors (Lipinski definition) is 3. The molecule has 0 atom stereocenters. The normalized spacial score (nSPS) is 16.1. The molecular formula is C17H18F3N3O2. The highest BCUT2D eigenvalue weighted by Gasteiger charge is 2.37. The minimum Gasteiger partial charge on any atom is -0.352 e. The lowest BCUT2D eigenvalue weighted by Gasteiger charge is -2.23. The second-order valence-corrected chi connectivity index (χ2v) is 6.24. The van der Waals surface area contributed by atoms with Gasteiger partial charge in [-0.1, -0.05) is 31.4 Å². The third kappa shape index (κ3) is 3.83. The van der Waals surface area contributed by atoms with E-state index in [4.69, 9.17) is 0 Å². The zero-order chi connectivity index (χ0) is 18.0. The van der Waals surface area contributed by atoms with Crippen LogP contribution in [0.2, 0.25) is 0 Å². The molecule has 1 fully saturated rings. The van der Waals surface area contributed by atoms with Crippen LogP contribution in [0.15, 0.2) is 29.1 Å². The molecule has 0 spiro atoms. The fourth-order valence-electron chi connectivity index (χ4n) is 3.20. The van der Waals surface area contributed by atoms with Crippen LogP contribution in [0.3, 0.4) is 0 Å². The van der Waals surface area contributed by atoms with Gasteiger partial charge in [-0.3, -0.25) is 14.2 Å². The number of carbonyl (C=O) groups is 1. The molecule has 0 radical (unpaired) electrons. The van der Waals surface area contributed by atoms with E-state index in [0.29, 0.717) is 0 Å². The van der Waals surface area contributed by atoms with Gasteiger partial charge in [0.15, 0.2) is 0 Å². The number of fused-ring (bicyclic) bond motifs is 1. The van der Waals surface area contributed by atoms with E-state index in [1.165, 1.54) is 18.2 Å². The van der Waals surface area contributed by atoms with Crippen LogP contribution in [0.25, 0.3) is 11.0 Å². The van der Waals surface area contributed by atoms with Gasteiger partial charge in [0.1, 0.15) is 6.54 Å². The van der Waals surface area contributed by atoms with Crippen LogP contribution in [-0.4, -0.2) is 21.5 Å². The zero-order valence-corrected chi connectivity index (χ0v) is 13.5. The van der Waals surface area contributed by atoms with Crippen LogP contribution in [0.5, 0.6) is 0 Å². The zero-order valence-electron chi connectivity index (χ0n) is 13.5.